The van der Waals surface area contributed by atoms with Crippen molar-refractivity contribution in [1.29, 1.82) is 0 Å². The van der Waals surface area contributed by atoms with Gasteiger partial charge in [0, 0.05) is 26.6 Å². The molecule has 0 N–H and O–H groups in total. The van der Waals surface area contributed by atoms with Gasteiger partial charge in [-0.25, -0.2) is 0 Å². The molecule has 0 fully saturated rings. The highest BCUT2D eigenvalue weighted by atomic mass is 16.5. The van der Waals surface area contributed by atoms with Crippen molar-refractivity contribution in [3.8, 4) is 0 Å². The highest BCUT2D eigenvalue weighted by molar-refractivity contribution is 5.75. The maximum atomic E-state index is 11.7. The maximum Gasteiger partial charge on any atom is 0.222 e. The van der Waals surface area contributed by atoms with Crippen LogP contribution in [-0.2, 0) is 14.3 Å². The molecule has 0 saturated heterocycles. The van der Waals surface area contributed by atoms with Crippen LogP contribution >= 0.6 is 0 Å². The van der Waals surface area contributed by atoms with Crippen molar-refractivity contribution >= 4 is 5.91 Å². The van der Waals surface area contributed by atoms with Crippen LogP contribution in [0, 0.1) is 0 Å². The number of ether oxygens (including phenoxy) is 2. The van der Waals surface area contributed by atoms with Crippen LogP contribution in [0.25, 0.3) is 0 Å². The van der Waals surface area contributed by atoms with Crippen LogP contribution in [0.2, 0.25) is 0 Å². The molecule has 0 spiro atoms. The number of carbonyl (C=O) groups is 1. The Morgan fingerprint density at radius 1 is 1.06 bits per heavy atom. The lowest BCUT2D eigenvalue weighted by molar-refractivity contribution is -0.131. The smallest absolute Gasteiger partial charge is 0.222 e. The van der Waals surface area contributed by atoms with Gasteiger partial charge in [0.1, 0.15) is 0 Å². The van der Waals surface area contributed by atoms with Crippen molar-refractivity contribution in [3.05, 3.63) is 0 Å². The fourth-order valence-electron chi connectivity index (χ4n) is 1.28. The minimum absolute atomic E-state index is 0.157. The molecule has 4 nitrogen and oxygen atoms in total. The zero-order chi connectivity index (χ0) is 13.3. The molecule has 4 heteroatoms. The van der Waals surface area contributed by atoms with Gasteiger partial charge < -0.3 is 14.4 Å². The van der Waals surface area contributed by atoms with Crippen molar-refractivity contribution in [2.45, 2.75) is 52.7 Å². The number of nitrogens with zero attached hydrogens (tertiary/aromatic N) is 1. The van der Waals surface area contributed by atoms with Crippen LogP contribution in [0.1, 0.15) is 40.5 Å². The molecule has 0 aromatic heterocycles. The van der Waals surface area contributed by atoms with E-state index in [4.69, 9.17) is 9.47 Å². The molecule has 0 saturated carbocycles. The van der Waals surface area contributed by atoms with Crippen molar-refractivity contribution in [3.63, 3.8) is 0 Å². The fourth-order valence-corrected chi connectivity index (χ4v) is 1.28. The Morgan fingerprint density at radius 3 is 2.12 bits per heavy atom. The van der Waals surface area contributed by atoms with Gasteiger partial charge >= 0.3 is 0 Å². The van der Waals surface area contributed by atoms with Crippen LogP contribution in [0.4, 0.5) is 0 Å². The van der Waals surface area contributed by atoms with Gasteiger partial charge in [0.05, 0.1) is 18.8 Å². The van der Waals surface area contributed by atoms with Gasteiger partial charge in [-0.3, -0.25) is 4.79 Å². The Bertz CT molecular complexity index is 205. The van der Waals surface area contributed by atoms with E-state index in [1.807, 2.05) is 34.7 Å². The first-order valence-corrected chi connectivity index (χ1v) is 6.40. The molecule has 0 unspecified atom stereocenters. The van der Waals surface area contributed by atoms with Gasteiger partial charge in [-0.15, -0.1) is 0 Å². The fraction of sp³-hybridized carbons (Fsp3) is 0.923. The predicted octanol–water partition coefficient (Wildman–Crippen LogP) is 2.08. The third-order valence-corrected chi connectivity index (χ3v) is 2.29. The van der Waals surface area contributed by atoms with Crippen LogP contribution in [0.5, 0.6) is 0 Å². The summed E-state index contributed by atoms with van der Waals surface area (Å²) in [6.45, 7) is 9.88. The monoisotopic (exact) mass is 245 g/mol. The van der Waals surface area contributed by atoms with Crippen LogP contribution in [0.3, 0.4) is 0 Å². The summed E-state index contributed by atoms with van der Waals surface area (Å²) in [5.41, 5.74) is 0. The summed E-state index contributed by atoms with van der Waals surface area (Å²) < 4.78 is 10.8. The summed E-state index contributed by atoms with van der Waals surface area (Å²) >= 11 is 0. The predicted molar refractivity (Wildman–Crippen MR) is 69.0 cm³/mol. The second-order valence-electron chi connectivity index (χ2n) is 4.76. The van der Waals surface area contributed by atoms with Crippen molar-refractivity contribution in [2.75, 3.05) is 26.8 Å². The lowest BCUT2D eigenvalue weighted by atomic mass is 10.3. The van der Waals surface area contributed by atoms with Crippen molar-refractivity contribution < 1.29 is 14.3 Å². The molecule has 0 atom stereocenters. The standard InChI is InChI=1S/C13H27NO3/c1-11(2)16-9-6-7-13(15)14(5)8-10-17-12(3)4/h11-12H,6-10H2,1-5H3. The molecule has 0 aliphatic heterocycles. The lowest BCUT2D eigenvalue weighted by Crippen LogP contribution is -2.30. The molecule has 0 heterocycles. The van der Waals surface area contributed by atoms with Gasteiger partial charge in [0.2, 0.25) is 5.91 Å². The molecule has 0 radical (unpaired) electrons. The Labute approximate surface area is 105 Å². The molecule has 0 rings (SSSR count). The molecule has 102 valence electrons. The third-order valence-electron chi connectivity index (χ3n) is 2.29. The van der Waals surface area contributed by atoms with E-state index in [1.54, 1.807) is 4.90 Å². The molecule has 0 aliphatic carbocycles. The van der Waals surface area contributed by atoms with Crippen LogP contribution in [0.15, 0.2) is 0 Å². The summed E-state index contributed by atoms with van der Waals surface area (Å²) in [5, 5.41) is 0. The number of hydrogen-bond donors (Lipinski definition) is 0. The molecule has 0 aliphatic rings. The SMILES string of the molecule is CC(C)OCCCC(=O)N(C)CCOC(C)C. The van der Waals surface area contributed by atoms with E-state index in [0.29, 0.717) is 26.2 Å². The largest absolute Gasteiger partial charge is 0.379 e. The first-order valence-electron chi connectivity index (χ1n) is 6.40. The molecule has 0 aromatic rings. The van der Waals surface area contributed by atoms with E-state index in [1.165, 1.54) is 0 Å². The average Bonchev–Trinajstić information content (AvgIpc) is 2.23. The van der Waals surface area contributed by atoms with Gasteiger partial charge in [0.15, 0.2) is 0 Å². The van der Waals surface area contributed by atoms with Gasteiger partial charge in [-0.05, 0) is 34.1 Å². The highest BCUT2D eigenvalue weighted by Gasteiger charge is 2.08. The zero-order valence-corrected chi connectivity index (χ0v) is 11.9. The van der Waals surface area contributed by atoms with E-state index in [9.17, 15) is 4.79 Å². The minimum atomic E-state index is 0.157. The minimum Gasteiger partial charge on any atom is -0.379 e. The first kappa shape index (κ1) is 16.4. The zero-order valence-electron chi connectivity index (χ0n) is 11.9. The van der Waals surface area contributed by atoms with E-state index >= 15 is 0 Å². The molecule has 17 heavy (non-hydrogen) atoms. The summed E-state index contributed by atoms with van der Waals surface area (Å²) in [5.74, 6) is 0.157. The van der Waals surface area contributed by atoms with Gasteiger partial charge in [-0.1, -0.05) is 0 Å². The molecular formula is C13H27NO3. The Kier molecular flexibility index (Phi) is 9.09. The summed E-state index contributed by atoms with van der Waals surface area (Å²) in [6, 6.07) is 0. The van der Waals surface area contributed by atoms with Gasteiger partial charge in [-0.2, -0.15) is 0 Å². The number of likely N-dealkylation sites (N-methyl/N-ethyl adjacent to an activating group) is 1. The van der Waals surface area contributed by atoms with E-state index in [0.717, 1.165) is 6.42 Å². The number of hydrogen-bond acceptors (Lipinski definition) is 3. The number of rotatable bonds is 9. The maximum absolute atomic E-state index is 11.7. The molecule has 1 amide bonds. The van der Waals surface area contributed by atoms with E-state index < -0.39 is 0 Å². The quantitative estimate of drug-likeness (QED) is 0.584. The van der Waals surface area contributed by atoms with E-state index in [-0.39, 0.29) is 18.1 Å². The average molecular weight is 245 g/mol. The summed E-state index contributed by atoms with van der Waals surface area (Å²) in [4.78, 5) is 13.4. The second kappa shape index (κ2) is 9.42. The summed E-state index contributed by atoms with van der Waals surface area (Å²) in [7, 11) is 1.81. The molecule has 0 bridgehead atoms. The summed E-state index contributed by atoms with van der Waals surface area (Å²) in [6.07, 6.45) is 1.79. The normalized spacial score (nSPS) is 11.2. The van der Waals surface area contributed by atoms with E-state index in [2.05, 4.69) is 0 Å². The molecular weight excluding hydrogens is 218 g/mol. The number of amides is 1. The van der Waals surface area contributed by atoms with Crippen molar-refractivity contribution in [2.24, 2.45) is 0 Å². The Morgan fingerprint density at radius 2 is 1.59 bits per heavy atom. The third kappa shape index (κ3) is 10.3. The van der Waals surface area contributed by atoms with Gasteiger partial charge in [0.25, 0.3) is 0 Å². The molecule has 0 aromatic carbocycles. The lowest BCUT2D eigenvalue weighted by Gasteiger charge is -2.18. The van der Waals surface area contributed by atoms with Crippen LogP contribution < -0.4 is 0 Å². The topological polar surface area (TPSA) is 38.8 Å². The first-order chi connectivity index (χ1) is 7.93. The van der Waals surface area contributed by atoms with Crippen molar-refractivity contribution in [1.82, 2.24) is 4.90 Å². The number of carbonyl (C=O) groups excluding carboxylic acids is 1. The Hall–Kier alpha value is -0.610. The highest BCUT2D eigenvalue weighted by Crippen LogP contribution is 1.99. The second-order valence-corrected chi connectivity index (χ2v) is 4.76. The Balaban J connectivity index is 3.53. The van der Waals surface area contributed by atoms with Crippen LogP contribution in [-0.4, -0.2) is 49.8 Å².